The van der Waals surface area contributed by atoms with Gasteiger partial charge in [0.05, 0.1) is 5.69 Å². The van der Waals surface area contributed by atoms with Crippen LogP contribution in [0, 0.1) is 13.8 Å². The average Bonchev–Trinajstić information content (AvgIpc) is 2.83. The van der Waals surface area contributed by atoms with E-state index in [0.717, 1.165) is 11.4 Å². The molecule has 2 rings (SSSR count). The number of amides is 1. The fourth-order valence-corrected chi connectivity index (χ4v) is 2.02. The largest absolute Gasteiger partial charge is 0.411 e. The van der Waals surface area contributed by atoms with E-state index in [2.05, 4.69) is 20.1 Å². The van der Waals surface area contributed by atoms with Crippen LogP contribution in [0.25, 0.3) is 5.82 Å². The molecule has 0 aliphatic rings. The lowest BCUT2D eigenvalue weighted by atomic mass is 10.3. The van der Waals surface area contributed by atoms with Gasteiger partial charge in [-0.3, -0.25) is 4.79 Å². The van der Waals surface area contributed by atoms with E-state index in [4.69, 9.17) is 0 Å². The van der Waals surface area contributed by atoms with Gasteiger partial charge in [0.25, 0.3) is 0 Å². The minimum Gasteiger partial charge on any atom is -0.362 e. The molecule has 0 aromatic carbocycles. The molecule has 0 saturated carbocycles. The minimum absolute atomic E-state index is 0.151. The van der Waals surface area contributed by atoms with E-state index in [9.17, 15) is 18.0 Å². The fraction of sp³-hybridized carbons (Fsp3) is 0.400. The Bertz CT molecular complexity index is 696. The SMILES string of the molecule is Cc1cc(C)n(-c2ccc(CNC(=O)COCC(F)(F)F)cn2)n1. The van der Waals surface area contributed by atoms with Gasteiger partial charge in [0.2, 0.25) is 5.91 Å². The number of nitrogens with zero attached hydrogens (tertiary/aromatic N) is 3. The maximum atomic E-state index is 11.9. The molecule has 0 bridgehead atoms. The molecule has 24 heavy (non-hydrogen) atoms. The van der Waals surface area contributed by atoms with Crippen molar-refractivity contribution in [1.82, 2.24) is 20.1 Å². The third kappa shape index (κ3) is 5.34. The Morgan fingerprint density at radius 3 is 2.62 bits per heavy atom. The average molecular weight is 342 g/mol. The van der Waals surface area contributed by atoms with Crippen LogP contribution in [-0.2, 0) is 16.1 Å². The van der Waals surface area contributed by atoms with Gasteiger partial charge in [-0.05, 0) is 31.5 Å². The zero-order chi connectivity index (χ0) is 17.7. The fourth-order valence-electron chi connectivity index (χ4n) is 2.02. The molecule has 0 aliphatic heterocycles. The van der Waals surface area contributed by atoms with Crippen LogP contribution in [0.1, 0.15) is 17.0 Å². The number of alkyl halides is 3. The lowest BCUT2D eigenvalue weighted by molar-refractivity contribution is -0.175. The van der Waals surface area contributed by atoms with Gasteiger partial charge in [-0.1, -0.05) is 6.07 Å². The number of hydrogen-bond donors (Lipinski definition) is 1. The molecule has 2 aromatic rings. The van der Waals surface area contributed by atoms with E-state index in [1.54, 1.807) is 23.0 Å². The summed E-state index contributed by atoms with van der Waals surface area (Å²) in [6.45, 7) is 1.86. The number of rotatable bonds is 6. The lowest BCUT2D eigenvalue weighted by Gasteiger charge is -2.09. The summed E-state index contributed by atoms with van der Waals surface area (Å²) in [5.41, 5.74) is 2.54. The van der Waals surface area contributed by atoms with Crippen molar-refractivity contribution in [3.8, 4) is 5.82 Å². The van der Waals surface area contributed by atoms with Crippen LogP contribution in [0.5, 0.6) is 0 Å². The molecule has 1 N–H and O–H groups in total. The van der Waals surface area contributed by atoms with E-state index < -0.39 is 25.3 Å². The van der Waals surface area contributed by atoms with E-state index in [1.165, 1.54) is 0 Å². The van der Waals surface area contributed by atoms with Crippen LogP contribution >= 0.6 is 0 Å². The number of carbonyl (C=O) groups is 1. The molecule has 0 unspecified atom stereocenters. The first-order chi connectivity index (χ1) is 11.2. The molecule has 6 nitrogen and oxygen atoms in total. The lowest BCUT2D eigenvalue weighted by Crippen LogP contribution is -2.29. The summed E-state index contributed by atoms with van der Waals surface area (Å²) in [5.74, 6) is 0.0195. The van der Waals surface area contributed by atoms with Crippen LogP contribution in [0.3, 0.4) is 0 Å². The molecule has 2 aromatic heterocycles. The van der Waals surface area contributed by atoms with Gasteiger partial charge in [-0.25, -0.2) is 9.67 Å². The molecule has 9 heteroatoms. The number of nitrogens with one attached hydrogen (secondary N) is 1. The summed E-state index contributed by atoms with van der Waals surface area (Å²) in [4.78, 5) is 15.7. The number of aryl methyl sites for hydroxylation is 2. The number of aromatic nitrogens is 3. The maximum absolute atomic E-state index is 11.9. The Labute approximate surface area is 136 Å². The van der Waals surface area contributed by atoms with E-state index in [-0.39, 0.29) is 6.54 Å². The van der Waals surface area contributed by atoms with E-state index in [0.29, 0.717) is 11.4 Å². The number of ether oxygens (including phenoxy) is 1. The number of carbonyl (C=O) groups excluding carboxylic acids is 1. The summed E-state index contributed by atoms with van der Waals surface area (Å²) in [6.07, 6.45) is -2.87. The quantitative estimate of drug-likeness (QED) is 0.873. The highest BCUT2D eigenvalue weighted by Crippen LogP contribution is 2.14. The molecule has 130 valence electrons. The molecule has 0 atom stereocenters. The van der Waals surface area contributed by atoms with Gasteiger partial charge >= 0.3 is 6.18 Å². The molecule has 0 aliphatic carbocycles. The van der Waals surface area contributed by atoms with Crippen molar-refractivity contribution in [2.75, 3.05) is 13.2 Å². The third-order valence-corrected chi connectivity index (χ3v) is 3.02. The zero-order valence-corrected chi connectivity index (χ0v) is 13.2. The van der Waals surface area contributed by atoms with Crippen LogP contribution < -0.4 is 5.32 Å². The van der Waals surface area contributed by atoms with Gasteiger partial charge in [-0.2, -0.15) is 18.3 Å². The van der Waals surface area contributed by atoms with Gasteiger partial charge in [-0.15, -0.1) is 0 Å². The van der Waals surface area contributed by atoms with Crippen LogP contribution in [0.2, 0.25) is 0 Å². The first-order valence-electron chi connectivity index (χ1n) is 7.14. The topological polar surface area (TPSA) is 69.0 Å². The Balaban J connectivity index is 1.84. The van der Waals surface area contributed by atoms with Crippen molar-refractivity contribution >= 4 is 5.91 Å². The van der Waals surface area contributed by atoms with Crippen molar-refractivity contribution in [3.05, 3.63) is 41.3 Å². The molecule has 0 saturated heterocycles. The van der Waals surface area contributed by atoms with Gasteiger partial charge in [0.1, 0.15) is 13.2 Å². The molecular formula is C15H17F3N4O2. The first kappa shape index (κ1) is 17.9. The molecule has 1 amide bonds. The minimum atomic E-state index is -4.44. The monoisotopic (exact) mass is 342 g/mol. The third-order valence-electron chi connectivity index (χ3n) is 3.02. The zero-order valence-electron chi connectivity index (χ0n) is 13.2. The van der Waals surface area contributed by atoms with Crippen molar-refractivity contribution in [2.24, 2.45) is 0 Å². The number of halogens is 3. The predicted octanol–water partition coefficient (Wildman–Crippen LogP) is 2.08. The Morgan fingerprint density at radius 1 is 1.33 bits per heavy atom. The van der Waals surface area contributed by atoms with Gasteiger partial charge in [0, 0.05) is 18.4 Å². The summed E-state index contributed by atoms with van der Waals surface area (Å²) >= 11 is 0. The van der Waals surface area contributed by atoms with Crippen LogP contribution in [0.4, 0.5) is 13.2 Å². The molecule has 2 heterocycles. The first-order valence-corrected chi connectivity index (χ1v) is 7.14. The standard InChI is InChI=1S/C15H17F3N4O2/c1-10-5-11(2)22(21-10)13-4-3-12(6-19-13)7-20-14(23)8-24-9-15(16,17)18/h3-6H,7-9H2,1-2H3,(H,20,23). The summed E-state index contributed by atoms with van der Waals surface area (Å²) in [6, 6.07) is 5.44. The Hall–Kier alpha value is -2.42. The molecule has 0 fully saturated rings. The molecule has 0 spiro atoms. The highest BCUT2D eigenvalue weighted by molar-refractivity contribution is 5.77. The predicted molar refractivity (Wildman–Crippen MR) is 79.6 cm³/mol. The molecular weight excluding hydrogens is 325 g/mol. The van der Waals surface area contributed by atoms with Crippen LogP contribution in [0.15, 0.2) is 24.4 Å². The maximum Gasteiger partial charge on any atom is 0.411 e. The smallest absolute Gasteiger partial charge is 0.362 e. The summed E-state index contributed by atoms with van der Waals surface area (Å²) in [5, 5.41) is 6.78. The summed E-state index contributed by atoms with van der Waals surface area (Å²) in [7, 11) is 0. The Morgan fingerprint density at radius 2 is 2.08 bits per heavy atom. The second-order valence-electron chi connectivity index (χ2n) is 5.25. The second kappa shape index (κ2) is 7.43. The van der Waals surface area contributed by atoms with Gasteiger partial charge < -0.3 is 10.1 Å². The van der Waals surface area contributed by atoms with Gasteiger partial charge in [0.15, 0.2) is 5.82 Å². The Kier molecular flexibility index (Phi) is 5.55. The molecule has 0 radical (unpaired) electrons. The number of hydrogen-bond acceptors (Lipinski definition) is 4. The van der Waals surface area contributed by atoms with Crippen molar-refractivity contribution < 1.29 is 22.7 Å². The van der Waals surface area contributed by atoms with Crippen molar-refractivity contribution in [1.29, 1.82) is 0 Å². The van der Waals surface area contributed by atoms with Crippen molar-refractivity contribution in [3.63, 3.8) is 0 Å². The highest BCUT2D eigenvalue weighted by Gasteiger charge is 2.27. The van der Waals surface area contributed by atoms with E-state index >= 15 is 0 Å². The van der Waals surface area contributed by atoms with E-state index in [1.807, 2.05) is 19.9 Å². The second-order valence-corrected chi connectivity index (χ2v) is 5.25. The summed E-state index contributed by atoms with van der Waals surface area (Å²) < 4.78 is 41.7. The number of pyridine rings is 1. The highest BCUT2D eigenvalue weighted by atomic mass is 19.4. The van der Waals surface area contributed by atoms with Crippen LogP contribution in [-0.4, -0.2) is 40.1 Å². The van der Waals surface area contributed by atoms with Crippen molar-refractivity contribution in [2.45, 2.75) is 26.6 Å². The normalized spacial score (nSPS) is 11.5.